The summed E-state index contributed by atoms with van der Waals surface area (Å²) in [6, 6.07) is -0.362. The van der Waals surface area contributed by atoms with Crippen LogP contribution in [0.5, 0.6) is 0 Å². The van der Waals surface area contributed by atoms with Gasteiger partial charge in [-0.1, -0.05) is 6.92 Å². The Morgan fingerprint density at radius 2 is 2.38 bits per heavy atom. The molecule has 1 amide bonds. The summed E-state index contributed by atoms with van der Waals surface area (Å²) in [5.74, 6) is -0.106. The van der Waals surface area contributed by atoms with Gasteiger partial charge in [-0.05, 0) is 19.8 Å². The van der Waals surface area contributed by atoms with E-state index < -0.39 is 0 Å². The third kappa shape index (κ3) is 3.30. The van der Waals surface area contributed by atoms with E-state index in [1.54, 1.807) is 6.92 Å². The van der Waals surface area contributed by atoms with E-state index in [1.807, 2.05) is 6.92 Å². The van der Waals surface area contributed by atoms with Gasteiger partial charge in [0.2, 0.25) is 5.91 Å². The SMILES string of the molecule is CCC(CCO)NC(=O)C(C)n1cncn1. The van der Waals surface area contributed by atoms with Gasteiger partial charge in [-0.3, -0.25) is 4.79 Å². The normalized spacial score (nSPS) is 14.4. The Morgan fingerprint density at radius 1 is 1.62 bits per heavy atom. The molecule has 6 nitrogen and oxygen atoms in total. The van der Waals surface area contributed by atoms with Crippen molar-refractivity contribution < 1.29 is 9.90 Å². The monoisotopic (exact) mass is 226 g/mol. The Morgan fingerprint density at radius 3 is 2.88 bits per heavy atom. The van der Waals surface area contributed by atoms with E-state index in [0.717, 1.165) is 6.42 Å². The molecular weight excluding hydrogens is 208 g/mol. The van der Waals surface area contributed by atoms with Gasteiger partial charge in [0.25, 0.3) is 0 Å². The Kier molecular flexibility index (Phi) is 4.91. The van der Waals surface area contributed by atoms with Gasteiger partial charge in [0, 0.05) is 12.6 Å². The smallest absolute Gasteiger partial charge is 0.244 e. The van der Waals surface area contributed by atoms with Crippen LogP contribution in [0.2, 0.25) is 0 Å². The molecule has 0 saturated carbocycles. The maximum Gasteiger partial charge on any atom is 0.244 e. The summed E-state index contributed by atoms with van der Waals surface area (Å²) in [7, 11) is 0. The molecule has 0 bridgehead atoms. The van der Waals surface area contributed by atoms with E-state index in [9.17, 15) is 4.79 Å². The molecule has 0 saturated heterocycles. The fourth-order valence-electron chi connectivity index (χ4n) is 1.39. The summed E-state index contributed by atoms with van der Waals surface area (Å²) in [4.78, 5) is 15.6. The number of aromatic nitrogens is 3. The zero-order valence-electron chi connectivity index (χ0n) is 9.63. The first-order valence-corrected chi connectivity index (χ1v) is 5.44. The van der Waals surface area contributed by atoms with E-state index in [4.69, 9.17) is 5.11 Å². The first-order chi connectivity index (χ1) is 7.69. The summed E-state index contributed by atoms with van der Waals surface area (Å²) in [5, 5.41) is 15.6. The zero-order valence-corrected chi connectivity index (χ0v) is 9.63. The van der Waals surface area contributed by atoms with Gasteiger partial charge in [-0.15, -0.1) is 0 Å². The highest BCUT2D eigenvalue weighted by Gasteiger charge is 2.18. The van der Waals surface area contributed by atoms with Gasteiger partial charge in [-0.2, -0.15) is 5.10 Å². The fraction of sp³-hybridized carbons (Fsp3) is 0.700. The molecule has 1 rings (SSSR count). The van der Waals surface area contributed by atoms with Crippen LogP contribution in [-0.2, 0) is 4.79 Å². The molecular formula is C10H18N4O2. The molecule has 1 aromatic heterocycles. The number of hydrogen-bond acceptors (Lipinski definition) is 4. The summed E-state index contributed by atoms with van der Waals surface area (Å²) >= 11 is 0. The topological polar surface area (TPSA) is 80.0 Å². The molecule has 0 radical (unpaired) electrons. The van der Waals surface area contributed by atoms with E-state index in [1.165, 1.54) is 17.3 Å². The summed E-state index contributed by atoms with van der Waals surface area (Å²) < 4.78 is 1.50. The lowest BCUT2D eigenvalue weighted by Crippen LogP contribution is -2.39. The summed E-state index contributed by atoms with van der Waals surface area (Å²) in [5.41, 5.74) is 0. The number of rotatable bonds is 6. The molecule has 1 heterocycles. The molecule has 90 valence electrons. The predicted molar refractivity (Wildman–Crippen MR) is 58.7 cm³/mol. The quantitative estimate of drug-likeness (QED) is 0.722. The lowest BCUT2D eigenvalue weighted by Gasteiger charge is -2.18. The maximum absolute atomic E-state index is 11.8. The van der Waals surface area contributed by atoms with E-state index >= 15 is 0 Å². The molecule has 2 atom stereocenters. The lowest BCUT2D eigenvalue weighted by atomic mass is 10.1. The maximum atomic E-state index is 11.8. The van der Waals surface area contributed by atoms with Gasteiger partial charge < -0.3 is 10.4 Å². The third-order valence-electron chi connectivity index (χ3n) is 2.53. The molecule has 0 aromatic carbocycles. The average molecular weight is 226 g/mol. The minimum Gasteiger partial charge on any atom is -0.396 e. The summed E-state index contributed by atoms with van der Waals surface area (Å²) in [6.07, 6.45) is 4.29. The number of hydrogen-bond donors (Lipinski definition) is 2. The van der Waals surface area contributed by atoms with Crippen LogP contribution >= 0.6 is 0 Å². The minimum atomic E-state index is -0.379. The van der Waals surface area contributed by atoms with Crippen LogP contribution in [-0.4, -0.2) is 38.4 Å². The molecule has 0 spiro atoms. The van der Waals surface area contributed by atoms with Crippen molar-refractivity contribution in [2.45, 2.75) is 38.8 Å². The second-order valence-corrected chi connectivity index (χ2v) is 3.68. The van der Waals surface area contributed by atoms with Crippen LogP contribution in [0.4, 0.5) is 0 Å². The Balaban J connectivity index is 2.51. The molecule has 0 aliphatic carbocycles. The molecule has 16 heavy (non-hydrogen) atoms. The molecule has 6 heteroatoms. The van der Waals surface area contributed by atoms with Crippen LogP contribution in [0.15, 0.2) is 12.7 Å². The van der Waals surface area contributed by atoms with E-state index in [-0.39, 0.29) is 24.6 Å². The number of carbonyl (C=O) groups excluding carboxylic acids is 1. The number of aliphatic hydroxyl groups excluding tert-OH is 1. The second kappa shape index (κ2) is 6.22. The van der Waals surface area contributed by atoms with Crippen molar-refractivity contribution in [2.24, 2.45) is 0 Å². The van der Waals surface area contributed by atoms with Gasteiger partial charge in [0.05, 0.1) is 0 Å². The van der Waals surface area contributed by atoms with Gasteiger partial charge >= 0.3 is 0 Å². The van der Waals surface area contributed by atoms with Crippen molar-refractivity contribution in [1.29, 1.82) is 0 Å². The molecule has 0 aliphatic rings. The highest BCUT2D eigenvalue weighted by Crippen LogP contribution is 2.04. The lowest BCUT2D eigenvalue weighted by molar-refractivity contribution is -0.125. The number of aliphatic hydroxyl groups is 1. The third-order valence-corrected chi connectivity index (χ3v) is 2.53. The van der Waals surface area contributed by atoms with E-state index in [2.05, 4.69) is 15.4 Å². The van der Waals surface area contributed by atoms with Crippen LogP contribution in [0.25, 0.3) is 0 Å². The minimum absolute atomic E-state index is 0.0171. The first-order valence-electron chi connectivity index (χ1n) is 5.44. The van der Waals surface area contributed by atoms with Crippen molar-refractivity contribution in [1.82, 2.24) is 20.1 Å². The molecule has 0 fully saturated rings. The predicted octanol–water partition coefficient (Wildman–Crippen LogP) is 0.116. The van der Waals surface area contributed by atoms with Crippen molar-refractivity contribution in [3.63, 3.8) is 0 Å². The number of carbonyl (C=O) groups is 1. The Hall–Kier alpha value is -1.43. The largest absolute Gasteiger partial charge is 0.396 e. The van der Waals surface area contributed by atoms with Crippen molar-refractivity contribution in [2.75, 3.05) is 6.61 Å². The standard InChI is InChI=1S/C10H18N4O2/c1-3-9(4-5-15)13-10(16)8(2)14-7-11-6-12-14/h6-9,15H,3-5H2,1-2H3,(H,13,16). The van der Waals surface area contributed by atoms with E-state index in [0.29, 0.717) is 6.42 Å². The van der Waals surface area contributed by atoms with Crippen molar-refractivity contribution in [3.8, 4) is 0 Å². The van der Waals surface area contributed by atoms with Crippen LogP contribution in [0.1, 0.15) is 32.7 Å². The molecule has 1 aromatic rings. The molecule has 0 aliphatic heterocycles. The first kappa shape index (κ1) is 12.6. The number of nitrogens with one attached hydrogen (secondary N) is 1. The second-order valence-electron chi connectivity index (χ2n) is 3.68. The Bertz CT molecular complexity index is 313. The van der Waals surface area contributed by atoms with Crippen molar-refractivity contribution >= 4 is 5.91 Å². The van der Waals surface area contributed by atoms with Crippen LogP contribution < -0.4 is 5.32 Å². The zero-order chi connectivity index (χ0) is 12.0. The fourth-order valence-corrected chi connectivity index (χ4v) is 1.39. The van der Waals surface area contributed by atoms with Gasteiger partial charge in [0.1, 0.15) is 18.7 Å². The molecule has 2 unspecified atom stereocenters. The summed E-state index contributed by atoms with van der Waals surface area (Å²) in [6.45, 7) is 3.81. The average Bonchev–Trinajstić information content (AvgIpc) is 2.80. The number of amides is 1. The highest BCUT2D eigenvalue weighted by atomic mass is 16.3. The van der Waals surface area contributed by atoms with Crippen molar-refractivity contribution in [3.05, 3.63) is 12.7 Å². The van der Waals surface area contributed by atoms with Crippen LogP contribution in [0.3, 0.4) is 0 Å². The van der Waals surface area contributed by atoms with Gasteiger partial charge in [0.15, 0.2) is 0 Å². The highest BCUT2D eigenvalue weighted by molar-refractivity contribution is 5.79. The molecule has 2 N–H and O–H groups in total. The van der Waals surface area contributed by atoms with Crippen LogP contribution in [0, 0.1) is 0 Å². The number of nitrogens with zero attached hydrogens (tertiary/aromatic N) is 3. The van der Waals surface area contributed by atoms with Gasteiger partial charge in [-0.25, -0.2) is 9.67 Å². The Labute approximate surface area is 94.7 Å².